The third-order valence-electron chi connectivity index (χ3n) is 4.49. The van der Waals surface area contributed by atoms with Gasteiger partial charge in [-0.15, -0.1) is 0 Å². The molecule has 0 saturated heterocycles. The average molecular weight is 385 g/mol. The molecule has 3 rings (SSSR count). The molecule has 6 heteroatoms. The summed E-state index contributed by atoms with van der Waals surface area (Å²) in [6.45, 7) is 1.51. The van der Waals surface area contributed by atoms with Crippen LogP contribution < -0.4 is 5.32 Å². The molecule has 1 heterocycles. The second-order valence-electron chi connectivity index (χ2n) is 6.96. The molecule has 1 atom stereocenters. The molecule has 0 fully saturated rings. The van der Waals surface area contributed by atoms with Gasteiger partial charge in [0.1, 0.15) is 0 Å². The molecule has 0 aliphatic rings. The van der Waals surface area contributed by atoms with Gasteiger partial charge < -0.3 is 14.8 Å². The summed E-state index contributed by atoms with van der Waals surface area (Å²) in [6.07, 6.45) is 3.08. The van der Waals surface area contributed by atoms with Crippen LogP contribution in [0.4, 0.5) is 0 Å². The van der Waals surface area contributed by atoms with E-state index >= 15 is 0 Å². The first-order valence-corrected chi connectivity index (χ1v) is 9.50. The van der Waals surface area contributed by atoms with Crippen LogP contribution >= 0.6 is 11.6 Å². The average Bonchev–Trinajstić information content (AvgIpc) is 3.05. The van der Waals surface area contributed by atoms with Gasteiger partial charge in [-0.1, -0.05) is 35.9 Å². The molecule has 1 amide bonds. The molecule has 5 nitrogen and oxygen atoms in total. The van der Waals surface area contributed by atoms with Gasteiger partial charge in [0, 0.05) is 24.5 Å². The summed E-state index contributed by atoms with van der Waals surface area (Å²) in [5.74, 6) is 0.0567. The topological polar surface area (TPSA) is 50.2 Å². The van der Waals surface area contributed by atoms with Gasteiger partial charge in [-0.25, -0.2) is 4.98 Å². The maximum Gasteiger partial charge on any atom is 0.220 e. The molecular formula is C21H25ClN4O. The van der Waals surface area contributed by atoms with E-state index < -0.39 is 0 Å². The summed E-state index contributed by atoms with van der Waals surface area (Å²) < 4.78 is 2.10. The van der Waals surface area contributed by atoms with Crippen molar-refractivity contribution < 1.29 is 4.79 Å². The minimum atomic E-state index is -0.0566. The Hall–Kier alpha value is -2.37. The van der Waals surface area contributed by atoms with Crippen molar-refractivity contribution in [2.75, 3.05) is 20.6 Å². The van der Waals surface area contributed by atoms with Gasteiger partial charge in [0.25, 0.3) is 0 Å². The van der Waals surface area contributed by atoms with E-state index in [9.17, 15) is 4.79 Å². The number of aryl methyl sites for hydroxylation is 1. The van der Waals surface area contributed by atoms with Gasteiger partial charge in [0.15, 0.2) is 0 Å². The van der Waals surface area contributed by atoms with Gasteiger partial charge in [-0.05, 0) is 50.3 Å². The highest BCUT2D eigenvalue weighted by Gasteiger charge is 2.15. The first-order chi connectivity index (χ1) is 13.0. The molecule has 0 saturated carbocycles. The molecule has 0 spiro atoms. The van der Waals surface area contributed by atoms with Crippen molar-refractivity contribution in [2.45, 2.75) is 25.4 Å². The van der Waals surface area contributed by atoms with Crippen LogP contribution in [0.3, 0.4) is 0 Å². The third-order valence-corrected chi connectivity index (χ3v) is 4.74. The van der Waals surface area contributed by atoms with E-state index in [0.29, 0.717) is 11.4 Å². The highest BCUT2D eigenvalue weighted by molar-refractivity contribution is 6.30. The maximum atomic E-state index is 12.5. The fraction of sp³-hybridized carbons (Fsp3) is 0.333. The number of likely N-dealkylation sites (N-methyl/N-ethyl adjacent to an activating group) is 1. The molecule has 1 unspecified atom stereocenters. The minimum absolute atomic E-state index is 0.0566. The Labute approximate surface area is 165 Å². The van der Waals surface area contributed by atoms with Gasteiger partial charge in [-0.2, -0.15) is 0 Å². The Morgan fingerprint density at radius 1 is 1.19 bits per heavy atom. The lowest BCUT2D eigenvalue weighted by Gasteiger charge is -2.23. The zero-order valence-corrected chi connectivity index (χ0v) is 16.5. The number of carbonyl (C=O) groups excluding carboxylic acids is 1. The predicted molar refractivity (Wildman–Crippen MR) is 110 cm³/mol. The van der Waals surface area contributed by atoms with E-state index in [1.165, 1.54) is 0 Å². The largest absolute Gasteiger partial charge is 0.348 e. The van der Waals surface area contributed by atoms with Crippen LogP contribution in [0.2, 0.25) is 5.02 Å². The van der Waals surface area contributed by atoms with Crippen LogP contribution in [-0.2, 0) is 11.3 Å². The van der Waals surface area contributed by atoms with Crippen molar-refractivity contribution in [1.82, 2.24) is 19.8 Å². The summed E-state index contributed by atoms with van der Waals surface area (Å²) in [5, 5.41) is 3.85. The highest BCUT2D eigenvalue weighted by Crippen LogP contribution is 2.18. The van der Waals surface area contributed by atoms with Crippen molar-refractivity contribution in [3.63, 3.8) is 0 Å². The summed E-state index contributed by atoms with van der Waals surface area (Å²) >= 11 is 5.98. The summed E-state index contributed by atoms with van der Waals surface area (Å²) in [6, 6.07) is 15.6. The number of aromatic nitrogens is 2. The van der Waals surface area contributed by atoms with E-state index in [-0.39, 0.29) is 11.9 Å². The molecular weight excluding hydrogens is 360 g/mol. The number of hydrogen-bond donors (Lipinski definition) is 1. The SMILES string of the molecule is CN(C)CC(NC(=O)CCCn1cnc2ccccc21)c1ccc(Cl)cc1. The van der Waals surface area contributed by atoms with Crippen LogP contribution in [0.25, 0.3) is 11.0 Å². The number of benzene rings is 2. The number of halogens is 1. The Balaban J connectivity index is 1.56. The van der Waals surface area contributed by atoms with Gasteiger partial charge in [0.2, 0.25) is 5.91 Å². The molecule has 0 radical (unpaired) electrons. The van der Waals surface area contributed by atoms with Crippen molar-refractivity contribution in [2.24, 2.45) is 0 Å². The number of nitrogens with one attached hydrogen (secondary N) is 1. The molecule has 27 heavy (non-hydrogen) atoms. The Bertz CT molecular complexity index is 889. The number of para-hydroxylation sites is 2. The van der Waals surface area contributed by atoms with Crippen LogP contribution in [0.1, 0.15) is 24.4 Å². The second-order valence-corrected chi connectivity index (χ2v) is 7.40. The smallest absolute Gasteiger partial charge is 0.220 e. The lowest BCUT2D eigenvalue weighted by Crippen LogP contribution is -2.35. The van der Waals surface area contributed by atoms with E-state index in [0.717, 1.165) is 36.1 Å². The summed E-state index contributed by atoms with van der Waals surface area (Å²) in [7, 11) is 4.00. The zero-order valence-electron chi connectivity index (χ0n) is 15.7. The standard InChI is InChI=1S/C21H25ClN4O/c1-25(2)14-19(16-9-11-17(22)12-10-16)24-21(27)8-5-13-26-15-23-18-6-3-4-7-20(18)26/h3-4,6-7,9-12,15,19H,5,8,13-14H2,1-2H3,(H,24,27). The van der Waals surface area contributed by atoms with Crippen LogP contribution in [0.5, 0.6) is 0 Å². The van der Waals surface area contributed by atoms with Crippen molar-refractivity contribution in [3.8, 4) is 0 Å². The number of hydrogen-bond acceptors (Lipinski definition) is 3. The number of carbonyl (C=O) groups is 1. The summed E-state index contributed by atoms with van der Waals surface area (Å²) in [5.41, 5.74) is 3.14. The first kappa shape index (κ1) is 19.4. The van der Waals surface area contributed by atoms with Crippen molar-refractivity contribution in [3.05, 3.63) is 65.4 Å². The van der Waals surface area contributed by atoms with E-state index in [1.807, 2.05) is 62.9 Å². The number of amides is 1. The monoisotopic (exact) mass is 384 g/mol. The van der Waals surface area contributed by atoms with E-state index in [2.05, 4.69) is 25.8 Å². The first-order valence-electron chi connectivity index (χ1n) is 9.12. The Morgan fingerprint density at radius 2 is 1.93 bits per heavy atom. The molecule has 0 aliphatic heterocycles. The van der Waals surface area contributed by atoms with Gasteiger partial charge in [0.05, 0.1) is 23.4 Å². The Kier molecular flexibility index (Phi) is 6.48. The predicted octanol–water partition coefficient (Wildman–Crippen LogP) is 3.89. The molecule has 2 aromatic carbocycles. The third kappa shape index (κ3) is 5.31. The molecule has 1 N–H and O–H groups in total. The number of nitrogens with zero attached hydrogens (tertiary/aromatic N) is 3. The second kappa shape index (κ2) is 9.02. The zero-order chi connectivity index (χ0) is 19.2. The molecule has 0 bridgehead atoms. The fourth-order valence-corrected chi connectivity index (χ4v) is 3.29. The Morgan fingerprint density at radius 3 is 2.67 bits per heavy atom. The van der Waals surface area contributed by atoms with Crippen molar-refractivity contribution >= 4 is 28.5 Å². The minimum Gasteiger partial charge on any atom is -0.348 e. The summed E-state index contributed by atoms with van der Waals surface area (Å²) in [4.78, 5) is 18.9. The quantitative estimate of drug-likeness (QED) is 0.641. The van der Waals surface area contributed by atoms with Crippen LogP contribution in [0, 0.1) is 0 Å². The lowest BCUT2D eigenvalue weighted by atomic mass is 10.1. The molecule has 142 valence electrons. The molecule has 1 aromatic heterocycles. The normalized spacial score (nSPS) is 12.4. The number of rotatable bonds is 8. The highest BCUT2D eigenvalue weighted by atomic mass is 35.5. The maximum absolute atomic E-state index is 12.5. The van der Waals surface area contributed by atoms with Crippen LogP contribution in [-0.4, -0.2) is 41.0 Å². The van der Waals surface area contributed by atoms with Gasteiger partial charge >= 0.3 is 0 Å². The number of fused-ring (bicyclic) bond motifs is 1. The molecule has 3 aromatic rings. The lowest BCUT2D eigenvalue weighted by molar-refractivity contribution is -0.122. The van der Waals surface area contributed by atoms with Gasteiger partial charge in [-0.3, -0.25) is 4.79 Å². The number of imidazole rings is 1. The van der Waals surface area contributed by atoms with Crippen molar-refractivity contribution in [1.29, 1.82) is 0 Å². The van der Waals surface area contributed by atoms with Crippen LogP contribution in [0.15, 0.2) is 54.9 Å². The van der Waals surface area contributed by atoms with E-state index in [1.54, 1.807) is 0 Å². The fourth-order valence-electron chi connectivity index (χ4n) is 3.16. The molecule has 0 aliphatic carbocycles. The van der Waals surface area contributed by atoms with E-state index in [4.69, 9.17) is 11.6 Å².